The van der Waals surface area contributed by atoms with E-state index in [4.69, 9.17) is 9.72 Å². The van der Waals surface area contributed by atoms with Gasteiger partial charge in [-0.1, -0.05) is 42.5 Å². The summed E-state index contributed by atoms with van der Waals surface area (Å²) < 4.78 is 31.3. The zero-order valence-electron chi connectivity index (χ0n) is 20.7. The van der Waals surface area contributed by atoms with Gasteiger partial charge in [0.15, 0.2) is 15.7 Å². The van der Waals surface area contributed by atoms with Crippen molar-refractivity contribution in [2.75, 3.05) is 37.5 Å². The van der Waals surface area contributed by atoms with E-state index in [0.29, 0.717) is 29.9 Å². The summed E-state index contributed by atoms with van der Waals surface area (Å²) in [5.41, 5.74) is 3.12. The average Bonchev–Trinajstić information content (AvgIpc) is 3.39. The fourth-order valence-electron chi connectivity index (χ4n) is 4.70. The number of aromatic nitrogens is 2. The smallest absolute Gasteiger partial charge is 0.266 e. The minimum Gasteiger partial charge on any atom is -0.378 e. The van der Waals surface area contributed by atoms with Crippen molar-refractivity contribution in [1.29, 1.82) is 0 Å². The number of benzene rings is 3. The minimum absolute atomic E-state index is 0.128. The van der Waals surface area contributed by atoms with Gasteiger partial charge < -0.3 is 9.64 Å². The molecule has 0 atom stereocenters. The Bertz CT molecular complexity index is 1790. The van der Waals surface area contributed by atoms with Crippen molar-refractivity contribution in [3.63, 3.8) is 0 Å². The normalized spacial score (nSPS) is 14.2. The maximum atomic E-state index is 13.8. The highest BCUT2D eigenvalue weighted by atomic mass is 32.2. The molecule has 0 bridgehead atoms. The van der Waals surface area contributed by atoms with Gasteiger partial charge in [0.2, 0.25) is 0 Å². The first-order valence-electron chi connectivity index (χ1n) is 12.2. The molecule has 38 heavy (non-hydrogen) atoms. The second-order valence-corrected chi connectivity index (χ2v) is 12.2. The standard InChI is InChI=1S/C29H25N3O4S2/c1-38(34,35)22-13-11-20(12-14-22)24-19-26(37-29(24)31-15-17-36-18-16-31)27-30-25-10-6-5-9-23(25)28(33)32(27)21-7-3-2-4-8-21/h2-14,19H,15-18H2,1H3. The summed E-state index contributed by atoms with van der Waals surface area (Å²) in [5.74, 6) is 0.568. The molecule has 1 aliphatic rings. The van der Waals surface area contributed by atoms with E-state index in [-0.39, 0.29) is 10.5 Å². The van der Waals surface area contributed by atoms with Crippen LogP contribution in [0.15, 0.2) is 94.6 Å². The number of thiophene rings is 1. The summed E-state index contributed by atoms with van der Waals surface area (Å²) in [6.07, 6.45) is 1.21. The summed E-state index contributed by atoms with van der Waals surface area (Å²) in [6, 6.07) is 25.9. The predicted octanol–water partition coefficient (Wildman–Crippen LogP) is 5.02. The number of ether oxygens (including phenoxy) is 1. The molecule has 0 unspecified atom stereocenters. The number of para-hydroxylation sites is 2. The Morgan fingerprint density at radius 1 is 0.895 bits per heavy atom. The molecular formula is C29H25N3O4S2. The number of sulfone groups is 1. The molecule has 0 saturated carbocycles. The van der Waals surface area contributed by atoms with E-state index in [9.17, 15) is 13.2 Å². The summed E-state index contributed by atoms with van der Waals surface area (Å²) >= 11 is 1.58. The highest BCUT2D eigenvalue weighted by Crippen LogP contribution is 2.43. The Labute approximate surface area is 224 Å². The Morgan fingerprint density at radius 2 is 1.58 bits per heavy atom. The molecule has 192 valence electrons. The van der Waals surface area contributed by atoms with E-state index >= 15 is 0 Å². The lowest BCUT2D eigenvalue weighted by Gasteiger charge is -2.28. The molecule has 2 aromatic heterocycles. The van der Waals surface area contributed by atoms with Crippen LogP contribution in [0, 0.1) is 0 Å². The molecule has 3 aromatic carbocycles. The summed E-state index contributed by atoms with van der Waals surface area (Å²) in [6.45, 7) is 2.74. The Hall–Kier alpha value is -3.79. The first kappa shape index (κ1) is 24.5. The van der Waals surface area contributed by atoms with Crippen LogP contribution in [0.1, 0.15) is 0 Å². The molecule has 3 heterocycles. The lowest BCUT2D eigenvalue weighted by Crippen LogP contribution is -2.35. The number of fused-ring (bicyclic) bond motifs is 1. The van der Waals surface area contributed by atoms with Crippen LogP contribution in [0.4, 0.5) is 5.00 Å². The predicted molar refractivity (Wildman–Crippen MR) is 152 cm³/mol. The number of hydrogen-bond donors (Lipinski definition) is 0. The van der Waals surface area contributed by atoms with Gasteiger partial charge in [0.1, 0.15) is 0 Å². The van der Waals surface area contributed by atoms with Gasteiger partial charge in [-0.3, -0.25) is 9.36 Å². The van der Waals surface area contributed by atoms with Crippen molar-refractivity contribution in [2.45, 2.75) is 4.90 Å². The average molecular weight is 544 g/mol. The topological polar surface area (TPSA) is 81.5 Å². The zero-order chi connectivity index (χ0) is 26.3. The second-order valence-electron chi connectivity index (χ2n) is 9.15. The maximum Gasteiger partial charge on any atom is 0.266 e. The van der Waals surface area contributed by atoms with Gasteiger partial charge >= 0.3 is 0 Å². The third kappa shape index (κ3) is 4.53. The van der Waals surface area contributed by atoms with Gasteiger partial charge in [-0.15, -0.1) is 11.3 Å². The molecule has 5 aromatic rings. The van der Waals surface area contributed by atoms with Crippen LogP contribution in [0.2, 0.25) is 0 Å². The SMILES string of the molecule is CS(=O)(=O)c1ccc(-c2cc(-c3nc4ccccc4c(=O)n3-c3ccccc3)sc2N2CCOCC2)cc1. The van der Waals surface area contributed by atoms with Gasteiger partial charge in [-0.05, 0) is 48.0 Å². The van der Waals surface area contributed by atoms with Crippen molar-refractivity contribution >= 4 is 37.1 Å². The molecule has 0 spiro atoms. The van der Waals surface area contributed by atoms with Crippen molar-refractivity contribution in [3.05, 3.63) is 95.3 Å². The van der Waals surface area contributed by atoms with Crippen molar-refractivity contribution < 1.29 is 13.2 Å². The first-order valence-corrected chi connectivity index (χ1v) is 15.0. The fraction of sp³-hybridized carbons (Fsp3) is 0.172. The lowest BCUT2D eigenvalue weighted by atomic mass is 10.1. The van der Waals surface area contributed by atoms with E-state index in [1.54, 1.807) is 34.1 Å². The number of nitrogens with zero attached hydrogens (tertiary/aromatic N) is 3. The van der Waals surface area contributed by atoms with Crippen LogP contribution in [-0.2, 0) is 14.6 Å². The van der Waals surface area contributed by atoms with E-state index in [2.05, 4.69) is 11.0 Å². The van der Waals surface area contributed by atoms with Gasteiger partial charge in [-0.25, -0.2) is 13.4 Å². The number of anilines is 1. The fourth-order valence-corrected chi connectivity index (χ4v) is 6.54. The molecule has 1 saturated heterocycles. The van der Waals surface area contributed by atoms with Crippen molar-refractivity contribution in [2.24, 2.45) is 0 Å². The van der Waals surface area contributed by atoms with Gasteiger partial charge in [-0.2, -0.15) is 0 Å². The number of hydrogen-bond acceptors (Lipinski definition) is 7. The Kier molecular flexibility index (Phi) is 6.35. The highest BCUT2D eigenvalue weighted by molar-refractivity contribution is 7.90. The monoisotopic (exact) mass is 543 g/mol. The van der Waals surface area contributed by atoms with Gasteiger partial charge in [0, 0.05) is 24.9 Å². The summed E-state index contributed by atoms with van der Waals surface area (Å²) in [4.78, 5) is 22.1. The van der Waals surface area contributed by atoms with Crippen LogP contribution in [-0.4, -0.2) is 50.5 Å². The van der Waals surface area contributed by atoms with Gasteiger partial charge in [0.25, 0.3) is 5.56 Å². The highest BCUT2D eigenvalue weighted by Gasteiger charge is 2.23. The quantitative estimate of drug-likeness (QED) is 0.310. The summed E-state index contributed by atoms with van der Waals surface area (Å²) in [7, 11) is -3.30. The lowest BCUT2D eigenvalue weighted by molar-refractivity contribution is 0.123. The molecule has 0 radical (unpaired) electrons. The van der Waals surface area contributed by atoms with Crippen molar-refractivity contribution in [1.82, 2.24) is 9.55 Å². The van der Waals surface area contributed by atoms with E-state index in [1.165, 1.54) is 6.26 Å². The molecule has 0 aliphatic carbocycles. The third-order valence-electron chi connectivity index (χ3n) is 6.61. The molecule has 7 nitrogen and oxygen atoms in total. The Morgan fingerprint density at radius 3 is 2.29 bits per heavy atom. The molecule has 9 heteroatoms. The molecule has 0 amide bonds. The van der Waals surface area contributed by atoms with Crippen LogP contribution < -0.4 is 10.5 Å². The van der Waals surface area contributed by atoms with Crippen molar-refractivity contribution in [3.8, 4) is 27.5 Å². The minimum atomic E-state index is -3.30. The molecule has 1 aliphatic heterocycles. The van der Waals surface area contributed by atoms with Crippen LogP contribution in [0.25, 0.3) is 38.4 Å². The van der Waals surface area contributed by atoms with E-state index < -0.39 is 9.84 Å². The van der Waals surface area contributed by atoms with Crippen LogP contribution in [0.3, 0.4) is 0 Å². The first-order chi connectivity index (χ1) is 18.4. The molecule has 1 fully saturated rings. The Balaban J connectivity index is 1.59. The number of morpholine rings is 1. The third-order valence-corrected chi connectivity index (χ3v) is 8.93. The zero-order valence-corrected chi connectivity index (χ0v) is 22.3. The largest absolute Gasteiger partial charge is 0.378 e. The second kappa shape index (κ2) is 9.83. The van der Waals surface area contributed by atoms with Gasteiger partial charge in [0.05, 0.1) is 44.6 Å². The van der Waals surface area contributed by atoms with Crippen LogP contribution >= 0.6 is 11.3 Å². The summed E-state index contributed by atoms with van der Waals surface area (Å²) in [5, 5.41) is 1.60. The molecule has 0 N–H and O–H groups in total. The molecular weight excluding hydrogens is 518 g/mol. The molecule has 6 rings (SSSR count). The van der Waals surface area contributed by atoms with Crippen LogP contribution in [0.5, 0.6) is 0 Å². The van der Waals surface area contributed by atoms with E-state index in [1.807, 2.05) is 60.7 Å². The van der Waals surface area contributed by atoms with E-state index in [0.717, 1.165) is 39.8 Å². The number of rotatable bonds is 5. The maximum absolute atomic E-state index is 13.8.